The number of hydrogen-bond donors (Lipinski definition) is 0. The van der Waals surface area contributed by atoms with E-state index < -0.39 is 0 Å². The lowest BCUT2D eigenvalue weighted by Gasteiger charge is -2.03. The number of fused-ring (bicyclic) bond motifs is 1. The van der Waals surface area contributed by atoms with Crippen molar-refractivity contribution < 1.29 is 4.74 Å². The van der Waals surface area contributed by atoms with E-state index in [0.717, 1.165) is 35.2 Å². The van der Waals surface area contributed by atoms with E-state index in [0.29, 0.717) is 0 Å². The van der Waals surface area contributed by atoms with Gasteiger partial charge in [0.15, 0.2) is 10.9 Å². The zero-order valence-corrected chi connectivity index (χ0v) is 21.7. The number of hydrogen-bond acceptors (Lipinski definition) is 5. The molecule has 0 bridgehead atoms. The van der Waals surface area contributed by atoms with Gasteiger partial charge in [0.1, 0.15) is 0 Å². The van der Waals surface area contributed by atoms with E-state index >= 15 is 0 Å². The Hall–Kier alpha value is -1.46. The Morgan fingerprint density at radius 2 is 1.28 bits per heavy atom. The zero-order valence-electron chi connectivity index (χ0n) is 20.0. The van der Waals surface area contributed by atoms with Crippen LogP contribution < -0.4 is 4.74 Å². The molecule has 0 atom stereocenters. The van der Waals surface area contributed by atoms with Crippen LogP contribution in [0, 0.1) is 0 Å². The minimum Gasteiger partial charge on any atom is -0.484 e. The second kappa shape index (κ2) is 14.6. The highest BCUT2D eigenvalue weighted by Crippen LogP contribution is 2.40. The summed E-state index contributed by atoms with van der Waals surface area (Å²) in [7, 11) is 0. The number of aromatic nitrogens is 2. The van der Waals surface area contributed by atoms with Crippen molar-refractivity contribution in [3.05, 3.63) is 30.1 Å². The lowest BCUT2D eigenvalue weighted by Crippen LogP contribution is -1.95. The van der Waals surface area contributed by atoms with Gasteiger partial charge in [-0.15, -0.1) is 11.3 Å². The molecule has 0 aromatic carbocycles. The topological polar surface area (TPSA) is 35.0 Å². The lowest BCUT2D eigenvalue weighted by molar-refractivity contribution is 0.313. The predicted octanol–water partition coefficient (Wildman–Crippen LogP) is 9.45. The summed E-state index contributed by atoms with van der Waals surface area (Å²) >= 11 is 3.51. The first-order valence-electron chi connectivity index (χ1n) is 12.8. The maximum Gasteiger partial charge on any atom is 0.175 e. The molecule has 0 saturated heterocycles. The molecule has 0 saturated carbocycles. The van der Waals surface area contributed by atoms with Crippen molar-refractivity contribution in [1.82, 2.24) is 9.97 Å². The third kappa shape index (κ3) is 8.47. The summed E-state index contributed by atoms with van der Waals surface area (Å²) in [6.45, 7) is 5.36. The van der Waals surface area contributed by atoms with Crippen molar-refractivity contribution in [3.63, 3.8) is 0 Å². The monoisotopic (exact) mass is 472 g/mol. The van der Waals surface area contributed by atoms with Gasteiger partial charge in [-0.05, 0) is 30.9 Å². The number of aryl methyl sites for hydroxylation is 1. The van der Waals surface area contributed by atoms with E-state index in [2.05, 4.69) is 35.9 Å². The van der Waals surface area contributed by atoms with Gasteiger partial charge in [0.2, 0.25) is 0 Å². The van der Waals surface area contributed by atoms with E-state index in [1.165, 1.54) is 92.0 Å². The Morgan fingerprint density at radius 3 is 1.94 bits per heavy atom. The second-order valence-corrected chi connectivity index (χ2v) is 10.9. The van der Waals surface area contributed by atoms with Crippen LogP contribution in [0.1, 0.15) is 103 Å². The average molecular weight is 473 g/mol. The van der Waals surface area contributed by atoms with E-state index in [-0.39, 0.29) is 0 Å². The second-order valence-electron chi connectivity index (χ2n) is 8.81. The van der Waals surface area contributed by atoms with E-state index in [1.807, 2.05) is 12.4 Å². The van der Waals surface area contributed by atoms with Gasteiger partial charge in [-0.1, -0.05) is 95.8 Å². The van der Waals surface area contributed by atoms with Crippen molar-refractivity contribution in [3.8, 4) is 15.8 Å². The molecule has 0 amide bonds. The smallest absolute Gasteiger partial charge is 0.175 e. The molecule has 3 aromatic heterocycles. The molecule has 0 fully saturated rings. The highest BCUT2D eigenvalue weighted by atomic mass is 32.1. The molecule has 176 valence electrons. The fraction of sp³-hybridized carbons (Fsp3) is 0.630. The van der Waals surface area contributed by atoms with Crippen molar-refractivity contribution in [2.75, 3.05) is 6.61 Å². The predicted molar refractivity (Wildman–Crippen MR) is 141 cm³/mol. The van der Waals surface area contributed by atoms with Crippen LogP contribution in [0.5, 0.6) is 5.06 Å². The molecular formula is C27H40N2OS2. The molecule has 0 unspecified atom stereocenters. The quantitative estimate of drug-likeness (QED) is 0.183. The van der Waals surface area contributed by atoms with Crippen LogP contribution in [0.2, 0.25) is 0 Å². The van der Waals surface area contributed by atoms with Gasteiger partial charge in [0, 0.05) is 27.9 Å². The van der Waals surface area contributed by atoms with Crippen LogP contribution in [0.25, 0.3) is 20.1 Å². The number of thiophene rings is 2. The fourth-order valence-electron chi connectivity index (χ4n) is 3.95. The van der Waals surface area contributed by atoms with Gasteiger partial charge in [-0.3, -0.25) is 0 Å². The molecule has 3 rings (SSSR count). The van der Waals surface area contributed by atoms with E-state index in [1.54, 1.807) is 22.7 Å². The Balaban J connectivity index is 1.38. The largest absolute Gasteiger partial charge is 0.484 e. The maximum atomic E-state index is 6.01. The molecule has 0 radical (unpaired) electrons. The van der Waals surface area contributed by atoms with Crippen LogP contribution in [-0.4, -0.2) is 16.6 Å². The molecule has 0 aliphatic rings. The van der Waals surface area contributed by atoms with Crippen molar-refractivity contribution in [2.45, 2.75) is 104 Å². The minimum absolute atomic E-state index is 0.832. The average Bonchev–Trinajstić information content (AvgIpc) is 3.37. The van der Waals surface area contributed by atoms with Gasteiger partial charge in [0.25, 0.3) is 0 Å². The molecule has 3 nitrogen and oxygen atoms in total. The molecule has 3 heterocycles. The number of unbranched alkanes of at least 4 members (excludes halogenated alkanes) is 11. The Morgan fingerprint density at radius 1 is 0.688 bits per heavy atom. The molecule has 3 aromatic rings. The van der Waals surface area contributed by atoms with Crippen LogP contribution in [0.15, 0.2) is 24.5 Å². The van der Waals surface area contributed by atoms with Crippen LogP contribution in [0.4, 0.5) is 0 Å². The molecule has 32 heavy (non-hydrogen) atoms. The summed E-state index contributed by atoms with van der Waals surface area (Å²) in [6, 6.07) is 4.40. The number of ether oxygens (including phenoxy) is 1. The van der Waals surface area contributed by atoms with Crippen molar-refractivity contribution in [1.29, 1.82) is 0 Å². The standard InChI is InChI=1S/C27H40N2OS2/c1-3-5-7-9-10-11-13-15-17-30-26-19-24-23(32-26)18-25(31-24)27-28-20-22(21-29-27)16-14-12-8-6-4-2/h18-21H,3-17H2,1-2H3. The van der Waals surface area contributed by atoms with Crippen LogP contribution in [0.3, 0.4) is 0 Å². The molecule has 0 N–H and O–H groups in total. The normalized spacial score (nSPS) is 11.4. The highest BCUT2D eigenvalue weighted by Gasteiger charge is 2.11. The van der Waals surface area contributed by atoms with E-state index in [9.17, 15) is 0 Å². The van der Waals surface area contributed by atoms with Crippen LogP contribution >= 0.6 is 22.7 Å². The minimum atomic E-state index is 0.832. The molecule has 0 aliphatic heterocycles. The fourth-order valence-corrected chi connectivity index (χ4v) is 6.15. The van der Waals surface area contributed by atoms with Crippen LogP contribution in [-0.2, 0) is 6.42 Å². The summed E-state index contributed by atoms with van der Waals surface area (Å²) in [4.78, 5) is 10.4. The summed E-state index contributed by atoms with van der Waals surface area (Å²) in [5.41, 5.74) is 1.25. The lowest BCUT2D eigenvalue weighted by atomic mass is 10.1. The molecule has 0 spiro atoms. The summed E-state index contributed by atoms with van der Waals surface area (Å²) in [6.07, 6.45) is 22.3. The maximum absolute atomic E-state index is 6.01. The van der Waals surface area contributed by atoms with Gasteiger partial charge < -0.3 is 4.74 Å². The Labute approximate surface area is 202 Å². The van der Waals surface area contributed by atoms with E-state index in [4.69, 9.17) is 4.74 Å². The zero-order chi connectivity index (χ0) is 22.4. The molecular weight excluding hydrogens is 432 g/mol. The molecule has 0 aliphatic carbocycles. The Bertz CT molecular complexity index is 853. The Kier molecular flexibility index (Phi) is 11.5. The summed E-state index contributed by atoms with van der Waals surface area (Å²) < 4.78 is 8.57. The van der Waals surface area contributed by atoms with Gasteiger partial charge >= 0.3 is 0 Å². The number of rotatable bonds is 17. The third-order valence-corrected chi connectivity index (χ3v) is 8.12. The number of nitrogens with zero attached hydrogens (tertiary/aromatic N) is 2. The first kappa shape index (κ1) is 25.2. The summed E-state index contributed by atoms with van der Waals surface area (Å²) in [5, 5.41) is 1.04. The first-order chi connectivity index (χ1) is 15.8. The third-order valence-electron chi connectivity index (χ3n) is 5.92. The SMILES string of the molecule is CCCCCCCCCCOc1cc2sc(-c3ncc(CCCCCCC)cn3)cc2s1. The first-order valence-corrected chi connectivity index (χ1v) is 14.4. The van der Waals surface area contributed by atoms with Gasteiger partial charge in [-0.25, -0.2) is 9.97 Å². The summed E-state index contributed by atoms with van der Waals surface area (Å²) in [5.74, 6) is 0.842. The highest BCUT2D eigenvalue weighted by molar-refractivity contribution is 7.30. The van der Waals surface area contributed by atoms with Crippen molar-refractivity contribution >= 4 is 32.1 Å². The van der Waals surface area contributed by atoms with Gasteiger partial charge in [0.05, 0.1) is 11.5 Å². The van der Waals surface area contributed by atoms with Gasteiger partial charge in [-0.2, -0.15) is 0 Å². The molecule has 5 heteroatoms. The van der Waals surface area contributed by atoms with Crippen molar-refractivity contribution in [2.24, 2.45) is 0 Å².